The molecule has 2 aromatic carbocycles. The third kappa shape index (κ3) is 4.00. The van der Waals surface area contributed by atoms with Crippen molar-refractivity contribution in [2.75, 3.05) is 6.61 Å². The van der Waals surface area contributed by atoms with Gasteiger partial charge in [0.1, 0.15) is 30.5 Å². The molecule has 0 aromatic heterocycles. The summed E-state index contributed by atoms with van der Waals surface area (Å²) >= 11 is 6.31. The lowest BCUT2D eigenvalue weighted by molar-refractivity contribution is -0.231. The van der Waals surface area contributed by atoms with Crippen LogP contribution in [0, 0.1) is 0 Å². The molecule has 1 heterocycles. The van der Waals surface area contributed by atoms with E-state index in [0.717, 1.165) is 5.56 Å². The van der Waals surface area contributed by atoms with Crippen LogP contribution < -0.4 is 5.73 Å². The molecule has 9 heteroatoms. The van der Waals surface area contributed by atoms with E-state index in [1.165, 1.54) is 12.1 Å². The standard InChI is InChI=1S/C22H26ClNO7/c23-15-6-1-11(20-19(28)18(27)17(26)16(10-25)31-20)9-14(15)22(24,30)13-4-2-12(3-5-13)21(29)7-8-21/h1-6,9,16-20,25-30H,7-8,10,24H2. The number of aliphatic hydroxyl groups excluding tert-OH is 4. The highest BCUT2D eigenvalue weighted by Gasteiger charge is 2.45. The largest absolute Gasteiger partial charge is 0.394 e. The van der Waals surface area contributed by atoms with E-state index >= 15 is 0 Å². The van der Waals surface area contributed by atoms with Gasteiger partial charge in [0.2, 0.25) is 0 Å². The average Bonchev–Trinajstić information content (AvgIpc) is 3.51. The minimum Gasteiger partial charge on any atom is -0.394 e. The first-order valence-corrected chi connectivity index (χ1v) is 10.4. The molecule has 0 bridgehead atoms. The van der Waals surface area contributed by atoms with Gasteiger partial charge in [-0.05, 0) is 36.1 Å². The van der Waals surface area contributed by atoms with Crippen LogP contribution in [-0.4, -0.2) is 61.7 Å². The maximum Gasteiger partial charge on any atom is 0.167 e. The summed E-state index contributed by atoms with van der Waals surface area (Å²) in [5.41, 5.74) is 5.02. The number of benzene rings is 2. The fourth-order valence-electron chi connectivity index (χ4n) is 3.99. The van der Waals surface area contributed by atoms with Crippen molar-refractivity contribution in [1.82, 2.24) is 0 Å². The van der Waals surface area contributed by atoms with E-state index < -0.39 is 48.5 Å². The van der Waals surface area contributed by atoms with Crippen molar-refractivity contribution >= 4 is 11.6 Å². The SMILES string of the molecule is NC(O)(c1ccc(C2(O)CC2)cc1)c1cc(C2OC(CO)C(O)C(O)C2O)ccc1Cl. The molecule has 1 saturated heterocycles. The third-order valence-corrected chi connectivity index (χ3v) is 6.54. The van der Waals surface area contributed by atoms with Crippen LogP contribution in [0.5, 0.6) is 0 Å². The lowest BCUT2D eigenvalue weighted by Crippen LogP contribution is -2.55. The monoisotopic (exact) mass is 451 g/mol. The summed E-state index contributed by atoms with van der Waals surface area (Å²) in [6, 6.07) is 11.1. The molecule has 4 rings (SSSR count). The normalized spacial score (nSPS) is 31.8. The quantitative estimate of drug-likeness (QED) is 0.313. The molecule has 2 aromatic rings. The van der Waals surface area contributed by atoms with Gasteiger partial charge >= 0.3 is 0 Å². The van der Waals surface area contributed by atoms with Crippen LogP contribution in [0.3, 0.4) is 0 Å². The van der Waals surface area contributed by atoms with Crippen molar-refractivity contribution in [3.05, 3.63) is 69.7 Å². The summed E-state index contributed by atoms with van der Waals surface area (Å²) < 4.78 is 5.59. The van der Waals surface area contributed by atoms with Crippen molar-refractivity contribution in [3.8, 4) is 0 Å². The zero-order valence-corrected chi connectivity index (χ0v) is 17.4. The van der Waals surface area contributed by atoms with Crippen LogP contribution in [0.15, 0.2) is 42.5 Å². The highest BCUT2D eigenvalue weighted by atomic mass is 35.5. The molecule has 2 aliphatic rings. The van der Waals surface area contributed by atoms with Gasteiger partial charge in [0.05, 0.1) is 12.2 Å². The lowest BCUT2D eigenvalue weighted by atomic mass is 9.88. The van der Waals surface area contributed by atoms with Crippen molar-refractivity contribution in [3.63, 3.8) is 0 Å². The first kappa shape index (κ1) is 22.6. The summed E-state index contributed by atoms with van der Waals surface area (Å²) in [7, 11) is 0. The summed E-state index contributed by atoms with van der Waals surface area (Å²) in [4.78, 5) is 0. The van der Waals surface area contributed by atoms with Gasteiger partial charge in [-0.15, -0.1) is 0 Å². The smallest absolute Gasteiger partial charge is 0.167 e. The fourth-order valence-corrected chi connectivity index (χ4v) is 4.25. The minimum absolute atomic E-state index is 0.140. The van der Waals surface area contributed by atoms with Gasteiger partial charge in [-0.25, -0.2) is 0 Å². The Morgan fingerprint density at radius 2 is 1.68 bits per heavy atom. The number of aliphatic hydroxyl groups is 6. The average molecular weight is 452 g/mol. The molecule has 6 atom stereocenters. The molecule has 0 radical (unpaired) electrons. The Kier molecular flexibility index (Phi) is 5.89. The molecule has 1 aliphatic heterocycles. The highest BCUT2D eigenvalue weighted by Crippen LogP contribution is 2.45. The Labute approximate surface area is 184 Å². The molecule has 6 unspecified atom stereocenters. The van der Waals surface area contributed by atoms with Gasteiger partial charge in [0.25, 0.3) is 0 Å². The number of ether oxygens (including phenoxy) is 1. The van der Waals surface area contributed by atoms with E-state index in [9.17, 15) is 30.6 Å². The molecule has 168 valence electrons. The van der Waals surface area contributed by atoms with E-state index in [2.05, 4.69) is 0 Å². The van der Waals surface area contributed by atoms with Crippen molar-refractivity contribution in [1.29, 1.82) is 0 Å². The number of rotatable bonds is 5. The van der Waals surface area contributed by atoms with Gasteiger partial charge in [-0.1, -0.05) is 41.9 Å². The second-order valence-electron chi connectivity index (χ2n) is 8.36. The predicted octanol–water partition coefficient (Wildman–Crippen LogP) is -0.0116. The van der Waals surface area contributed by atoms with Crippen LogP contribution in [-0.2, 0) is 16.1 Å². The van der Waals surface area contributed by atoms with Gasteiger partial charge in [0, 0.05) is 16.1 Å². The Morgan fingerprint density at radius 1 is 1.03 bits per heavy atom. The number of hydrogen-bond acceptors (Lipinski definition) is 8. The van der Waals surface area contributed by atoms with E-state index in [-0.39, 0.29) is 10.6 Å². The molecule has 1 aliphatic carbocycles. The third-order valence-electron chi connectivity index (χ3n) is 6.21. The maximum atomic E-state index is 11.1. The second-order valence-corrected chi connectivity index (χ2v) is 8.77. The fraction of sp³-hybridized carbons (Fsp3) is 0.455. The number of nitrogens with two attached hydrogens (primary N) is 1. The minimum atomic E-state index is -1.99. The van der Waals surface area contributed by atoms with Crippen LogP contribution in [0.2, 0.25) is 5.02 Å². The zero-order chi connectivity index (χ0) is 22.6. The lowest BCUT2D eigenvalue weighted by Gasteiger charge is -2.40. The zero-order valence-electron chi connectivity index (χ0n) is 16.6. The Bertz CT molecular complexity index is 945. The molecule has 8 N–H and O–H groups in total. The van der Waals surface area contributed by atoms with Crippen LogP contribution in [0.4, 0.5) is 0 Å². The topological polar surface area (TPSA) is 157 Å². The summed E-state index contributed by atoms with van der Waals surface area (Å²) in [6.45, 7) is -0.554. The molecule has 31 heavy (non-hydrogen) atoms. The Balaban J connectivity index is 1.67. The summed E-state index contributed by atoms with van der Waals surface area (Å²) in [5, 5.41) is 61.4. The van der Waals surface area contributed by atoms with Crippen molar-refractivity contribution in [2.45, 2.75) is 54.7 Å². The van der Waals surface area contributed by atoms with Gasteiger partial charge < -0.3 is 35.4 Å². The second kappa shape index (κ2) is 8.08. The van der Waals surface area contributed by atoms with Crippen molar-refractivity contribution < 1.29 is 35.4 Å². The van der Waals surface area contributed by atoms with E-state index in [1.807, 2.05) is 0 Å². The van der Waals surface area contributed by atoms with Crippen LogP contribution in [0.1, 0.15) is 41.2 Å². The number of hydrogen-bond donors (Lipinski definition) is 7. The summed E-state index contributed by atoms with van der Waals surface area (Å²) in [5.74, 6) is 0. The van der Waals surface area contributed by atoms with Crippen molar-refractivity contribution in [2.24, 2.45) is 5.73 Å². The van der Waals surface area contributed by atoms with Crippen LogP contribution in [0.25, 0.3) is 0 Å². The van der Waals surface area contributed by atoms with E-state index in [0.29, 0.717) is 24.0 Å². The first-order chi connectivity index (χ1) is 14.6. The summed E-state index contributed by atoms with van der Waals surface area (Å²) in [6.07, 6.45) is -5.27. The van der Waals surface area contributed by atoms with Gasteiger partial charge in [-0.2, -0.15) is 0 Å². The highest BCUT2D eigenvalue weighted by molar-refractivity contribution is 6.31. The molecular formula is C22H26ClNO7. The maximum absolute atomic E-state index is 11.1. The molecule has 0 amide bonds. The molecule has 2 fully saturated rings. The molecule has 8 nitrogen and oxygen atoms in total. The van der Waals surface area contributed by atoms with Gasteiger partial charge in [0.15, 0.2) is 5.72 Å². The van der Waals surface area contributed by atoms with E-state index in [1.54, 1.807) is 30.3 Å². The Morgan fingerprint density at radius 3 is 2.26 bits per heavy atom. The van der Waals surface area contributed by atoms with Gasteiger partial charge in [-0.3, -0.25) is 5.73 Å². The predicted molar refractivity (Wildman–Crippen MR) is 111 cm³/mol. The number of halogens is 1. The Hall–Kier alpha value is -1.59. The van der Waals surface area contributed by atoms with Crippen LogP contribution >= 0.6 is 11.6 Å². The van der Waals surface area contributed by atoms with E-state index in [4.69, 9.17) is 22.1 Å². The first-order valence-electron chi connectivity index (χ1n) is 10.0. The molecule has 1 saturated carbocycles. The molecule has 0 spiro atoms. The molecular weight excluding hydrogens is 426 g/mol.